The lowest BCUT2D eigenvalue weighted by Gasteiger charge is -2.20. The van der Waals surface area contributed by atoms with Gasteiger partial charge in [0.2, 0.25) is 5.95 Å². The van der Waals surface area contributed by atoms with Gasteiger partial charge in [0.25, 0.3) is 0 Å². The van der Waals surface area contributed by atoms with Crippen molar-refractivity contribution < 1.29 is 0 Å². The maximum Gasteiger partial charge on any atom is 0.225 e. The fraction of sp³-hybridized carbons (Fsp3) is 0.571. The van der Waals surface area contributed by atoms with Crippen molar-refractivity contribution >= 4 is 23.4 Å². The summed E-state index contributed by atoms with van der Waals surface area (Å²) in [5.41, 5.74) is 0.414. The van der Waals surface area contributed by atoms with Crippen molar-refractivity contribution in [2.45, 2.75) is 39.0 Å². The highest BCUT2D eigenvalue weighted by molar-refractivity contribution is 6.30. The summed E-state index contributed by atoms with van der Waals surface area (Å²) in [7, 11) is 0. The van der Waals surface area contributed by atoms with Gasteiger partial charge in [-0.15, -0.1) is 0 Å². The molecule has 2 aliphatic rings. The summed E-state index contributed by atoms with van der Waals surface area (Å²) in [6, 6.07) is 3.80. The van der Waals surface area contributed by atoms with E-state index in [4.69, 9.17) is 16.9 Å². The van der Waals surface area contributed by atoms with E-state index in [1.807, 2.05) is 6.92 Å². The highest BCUT2D eigenvalue weighted by atomic mass is 35.5. The third kappa shape index (κ3) is 5.13. The number of nitrogens with one attached hydrogen (secondary N) is 1. The first-order valence-electron chi connectivity index (χ1n) is 10.3. The van der Waals surface area contributed by atoms with Crippen molar-refractivity contribution in [2.24, 2.45) is 17.8 Å². The van der Waals surface area contributed by atoms with Crippen molar-refractivity contribution in [1.82, 2.24) is 19.9 Å². The van der Waals surface area contributed by atoms with Crippen LogP contribution in [0.3, 0.4) is 0 Å². The molecule has 0 amide bonds. The fourth-order valence-electron chi connectivity index (χ4n) is 4.50. The van der Waals surface area contributed by atoms with Gasteiger partial charge in [-0.25, -0.2) is 19.9 Å². The van der Waals surface area contributed by atoms with Crippen molar-refractivity contribution in [3.05, 3.63) is 35.0 Å². The zero-order chi connectivity index (χ0) is 20.2. The number of nitriles is 1. The molecule has 1 N–H and O–H groups in total. The Labute approximate surface area is 176 Å². The van der Waals surface area contributed by atoms with Crippen LogP contribution < -0.4 is 10.2 Å². The van der Waals surface area contributed by atoms with Crippen LogP contribution in [-0.4, -0.2) is 39.6 Å². The third-order valence-corrected chi connectivity index (χ3v) is 6.21. The van der Waals surface area contributed by atoms with Crippen LogP contribution in [0.4, 0.5) is 11.8 Å². The topological polar surface area (TPSA) is 90.6 Å². The van der Waals surface area contributed by atoms with Gasteiger partial charge in [-0.1, -0.05) is 11.6 Å². The molecule has 152 valence electrons. The van der Waals surface area contributed by atoms with Crippen molar-refractivity contribution in [2.75, 3.05) is 29.9 Å². The second-order valence-electron chi connectivity index (χ2n) is 8.05. The molecule has 1 saturated heterocycles. The second-order valence-corrected chi connectivity index (χ2v) is 8.49. The number of aromatic nitrogens is 4. The summed E-state index contributed by atoms with van der Waals surface area (Å²) in [6.45, 7) is 4.74. The lowest BCUT2D eigenvalue weighted by atomic mass is 9.93. The van der Waals surface area contributed by atoms with Crippen LogP contribution in [0.15, 0.2) is 18.5 Å². The quantitative estimate of drug-likeness (QED) is 0.771. The SMILES string of the molecule is Cc1nc(C#N)cc(NCCC2CC2C2CCCN(c3ncc(Cl)cn3)CC2)n1. The van der Waals surface area contributed by atoms with Gasteiger partial charge in [-0.05, 0) is 56.8 Å². The molecular formula is C21H26ClN7. The number of rotatable bonds is 6. The maximum atomic E-state index is 9.03. The van der Waals surface area contributed by atoms with E-state index in [-0.39, 0.29) is 0 Å². The molecule has 0 bridgehead atoms. The van der Waals surface area contributed by atoms with Gasteiger partial charge in [0, 0.05) is 25.7 Å². The minimum atomic E-state index is 0.414. The first-order chi connectivity index (χ1) is 14.1. The lowest BCUT2D eigenvalue weighted by Crippen LogP contribution is -2.26. The summed E-state index contributed by atoms with van der Waals surface area (Å²) in [4.78, 5) is 19.5. The van der Waals surface area contributed by atoms with E-state index >= 15 is 0 Å². The molecule has 7 nitrogen and oxygen atoms in total. The molecule has 2 aromatic heterocycles. The van der Waals surface area contributed by atoms with Crippen LogP contribution in [0.25, 0.3) is 0 Å². The Morgan fingerprint density at radius 1 is 1.24 bits per heavy atom. The summed E-state index contributed by atoms with van der Waals surface area (Å²) < 4.78 is 0. The van der Waals surface area contributed by atoms with E-state index < -0.39 is 0 Å². The van der Waals surface area contributed by atoms with Gasteiger partial charge in [-0.3, -0.25) is 0 Å². The zero-order valence-electron chi connectivity index (χ0n) is 16.7. The molecule has 29 heavy (non-hydrogen) atoms. The maximum absolute atomic E-state index is 9.03. The Morgan fingerprint density at radius 2 is 2.07 bits per heavy atom. The molecule has 4 rings (SSSR count). The van der Waals surface area contributed by atoms with E-state index in [0.717, 1.165) is 55.6 Å². The molecular weight excluding hydrogens is 386 g/mol. The minimum absolute atomic E-state index is 0.414. The summed E-state index contributed by atoms with van der Waals surface area (Å²) in [5, 5.41) is 13.0. The number of hydrogen-bond donors (Lipinski definition) is 1. The van der Waals surface area contributed by atoms with Crippen LogP contribution in [0, 0.1) is 36.0 Å². The predicted molar refractivity (Wildman–Crippen MR) is 113 cm³/mol. The fourth-order valence-corrected chi connectivity index (χ4v) is 4.60. The smallest absolute Gasteiger partial charge is 0.225 e. The zero-order valence-corrected chi connectivity index (χ0v) is 17.4. The van der Waals surface area contributed by atoms with Gasteiger partial charge < -0.3 is 10.2 Å². The van der Waals surface area contributed by atoms with E-state index in [1.54, 1.807) is 18.5 Å². The molecule has 3 atom stereocenters. The Kier molecular flexibility index (Phi) is 6.10. The normalized spacial score (nSPS) is 23.9. The molecule has 0 aromatic carbocycles. The van der Waals surface area contributed by atoms with Gasteiger partial charge in [0.15, 0.2) is 0 Å². The Balaban J connectivity index is 1.23. The molecule has 1 aliphatic heterocycles. The molecule has 1 aliphatic carbocycles. The first kappa shape index (κ1) is 19.8. The largest absolute Gasteiger partial charge is 0.370 e. The second kappa shape index (κ2) is 8.91. The van der Waals surface area contributed by atoms with Gasteiger partial charge >= 0.3 is 0 Å². The van der Waals surface area contributed by atoms with Crippen LogP contribution in [0.1, 0.15) is 43.6 Å². The Bertz CT molecular complexity index is 880. The summed E-state index contributed by atoms with van der Waals surface area (Å²) in [5.74, 6) is 4.60. The molecule has 8 heteroatoms. The summed E-state index contributed by atoms with van der Waals surface area (Å²) >= 11 is 5.91. The van der Waals surface area contributed by atoms with Gasteiger partial charge in [-0.2, -0.15) is 5.26 Å². The Hall–Kier alpha value is -2.46. The lowest BCUT2D eigenvalue weighted by molar-refractivity contribution is 0.392. The van der Waals surface area contributed by atoms with E-state index in [1.165, 1.54) is 25.7 Å². The Morgan fingerprint density at radius 3 is 2.86 bits per heavy atom. The molecule has 0 spiro atoms. The van der Waals surface area contributed by atoms with E-state index in [9.17, 15) is 0 Å². The van der Waals surface area contributed by atoms with E-state index in [2.05, 4.69) is 36.2 Å². The van der Waals surface area contributed by atoms with E-state index in [0.29, 0.717) is 16.5 Å². The van der Waals surface area contributed by atoms with Gasteiger partial charge in [0.05, 0.1) is 17.4 Å². The van der Waals surface area contributed by atoms with Crippen molar-refractivity contribution in [3.8, 4) is 6.07 Å². The standard InChI is InChI=1S/C21H26ClN7/c1-14-27-18(11-23)10-20(28-14)24-6-4-16-9-19(16)15-3-2-7-29(8-5-15)21-25-12-17(22)13-26-21/h10,12-13,15-16,19H,2-9H2,1H3,(H,24,27,28). The minimum Gasteiger partial charge on any atom is -0.370 e. The molecule has 0 radical (unpaired) electrons. The van der Waals surface area contributed by atoms with Crippen LogP contribution in [0.5, 0.6) is 0 Å². The summed E-state index contributed by atoms with van der Waals surface area (Å²) in [6.07, 6.45) is 9.51. The van der Waals surface area contributed by atoms with Crippen molar-refractivity contribution in [3.63, 3.8) is 0 Å². The monoisotopic (exact) mass is 411 g/mol. The molecule has 1 saturated carbocycles. The average molecular weight is 412 g/mol. The molecule has 3 heterocycles. The molecule has 3 unspecified atom stereocenters. The number of halogens is 1. The first-order valence-corrected chi connectivity index (χ1v) is 10.7. The van der Waals surface area contributed by atoms with Crippen LogP contribution >= 0.6 is 11.6 Å². The predicted octanol–water partition coefficient (Wildman–Crippen LogP) is 3.84. The molecule has 2 fully saturated rings. The molecule has 2 aromatic rings. The highest BCUT2D eigenvalue weighted by Gasteiger charge is 2.42. The highest BCUT2D eigenvalue weighted by Crippen LogP contribution is 2.49. The number of aryl methyl sites for hydroxylation is 1. The van der Waals surface area contributed by atoms with Gasteiger partial charge in [0.1, 0.15) is 23.4 Å². The average Bonchev–Trinajstić information content (AvgIpc) is 3.51. The van der Waals surface area contributed by atoms with Crippen LogP contribution in [0.2, 0.25) is 5.02 Å². The van der Waals surface area contributed by atoms with Crippen LogP contribution in [-0.2, 0) is 0 Å². The van der Waals surface area contributed by atoms with Crippen molar-refractivity contribution in [1.29, 1.82) is 5.26 Å². The third-order valence-electron chi connectivity index (χ3n) is 6.02. The number of nitrogens with zero attached hydrogens (tertiary/aromatic N) is 6. The number of hydrogen-bond acceptors (Lipinski definition) is 7. The number of anilines is 2.